The van der Waals surface area contributed by atoms with Gasteiger partial charge in [0.25, 0.3) is 0 Å². The maximum Gasteiger partial charge on any atom is 0.119 e. The molecular weight excluding hydrogens is 234 g/mol. The molecule has 0 aliphatic carbocycles. The number of ether oxygens (including phenoxy) is 1. The summed E-state index contributed by atoms with van der Waals surface area (Å²) in [5, 5.41) is 3.58. The van der Waals surface area contributed by atoms with E-state index < -0.39 is 0 Å². The van der Waals surface area contributed by atoms with Crippen LogP contribution in [0.25, 0.3) is 0 Å². The highest BCUT2D eigenvalue weighted by Gasteiger charge is 2.24. The second-order valence-corrected chi connectivity index (χ2v) is 6.18. The summed E-state index contributed by atoms with van der Waals surface area (Å²) in [7, 11) is 0. The number of rotatable bonds is 7. The summed E-state index contributed by atoms with van der Waals surface area (Å²) in [6, 6.07) is 8.79. The molecule has 0 aromatic heterocycles. The first-order valence-electron chi connectivity index (χ1n) is 7.42. The fourth-order valence-corrected chi connectivity index (χ4v) is 1.93. The van der Waals surface area contributed by atoms with Crippen LogP contribution in [0.1, 0.15) is 46.6 Å². The molecule has 0 heterocycles. The maximum absolute atomic E-state index is 5.93. The lowest BCUT2D eigenvalue weighted by Crippen LogP contribution is -2.45. The van der Waals surface area contributed by atoms with E-state index in [2.05, 4.69) is 64.2 Å². The molecule has 108 valence electrons. The highest BCUT2D eigenvalue weighted by Crippen LogP contribution is 2.21. The molecule has 0 radical (unpaired) electrons. The molecule has 2 nitrogen and oxygen atoms in total. The van der Waals surface area contributed by atoms with E-state index in [9.17, 15) is 0 Å². The monoisotopic (exact) mass is 263 g/mol. The van der Waals surface area contributed by atoms with E-state index in [1.165, 1.54) is 5.56 Å². The van der Waals surface area contributed by atoms with Crippen molar-refractivity contribution in [1.82, 2.24) is 5.32 Å². The first kappa shape index (κ1) is 16.0. The van der Waals surface area contributed by atoms with Gasteiger partial charge in [-0.1, -0.05) is 46.8 Å². The fraction of sp³-hybridized carbons (Fsp3) is 0.647. The van der Waals surface area contributed by atoms with Gasteiger partial charge in [0.1, 0.15) is 12.4 Å². The van der Waals surface area contributed by atoms with Crippen LogP contribution in [0, 0.1) is 5.41 Å². The van der Waals surface area contributed by atoms with Crippen LogP contribution in [0.5, 0.6) is 5.75 Å². The Bertz CT molecular complexity index is 351. The second kappa shape index (κ2) is 7.54. The number of nitrogens with one attached hydrogen (secondary N) is 1. The Morgan fingerprint density at radius 1 is 1.11 bits per heavy atom. The SMILES string of the molecule is CCCNC(COc1ccc(CC)cc1)C(C)(C)C. The number of aryl methyl sites for hydroxylation is 1. The smallest absolute Gasteiger partial charge is 0.119 e. The molecule has 1 N–H and O–H groups in total. The maximum atomic E-state index is 5.93. The van der Waals surface area contributed by atoms with Gasteiger partial charge in [-0.05, 0) is 42.5 Å². The number of benzene rings is 1. The first-order chi connectivity index (χ1) is 8.97. The Labute approximate surface area is 118 Å². The zero-order valence-electron chi connectivity index (χ0n) is 13.1. The van der Waals surface area contributed by atoms with Crippen molar-refractivity contribution >= 4 is 0 Å². The van der Waals surface area contributed by atoms with Crippen LogP contribution in [0.3, 0.4) is 0 Å². The topological polar surface area (TPSA) is 21.3 Å². The number of hydrogen-bond donors (Lipinski definition) is 1. The standard InChI is InChI=1S/C17H29NO/c1-6-12-18-16(17(3,4)5)13-19-15-10-8-14(7-2)9-11-15/h8-11,16,18H,6-7,12-13H2,1-5H3. The van der Waals surface area contributed by atoms with Crippen molar-refractivity contribution in [3.8, 4) is 5.75 Å². The molecule has 1 aromatic rings. The molecule has 1 aromatic carbocycles. The highest BCUT2D eigenvalue weighted by atomic mass is 16.5. The van der Waals surface area contributed by atoms with Gasteiger partial charge in [0, 0.05) is 6.04 Å². The van der Waals surface area contributed by atoms with Crippen LogP contribution >= 0.6 is 0 Å². The van der Waals surface area contributed by atoms with Crippen molar-refractivity contribution in [3.63, 3.8) is 0 Å². The third kappa shape index (κ3) is 5.65. The van der Waals surface area contributed by atoms with Gasteiger partial charge in [-0.2, -0.15) is 0 Å². The van der Waals surface area contributed by atoms with Gasteiger partial charge in [0.05, 0.1) is 0 Å². The molecule has 2 heteroatoms. The van der Waals surface area contributed by atoms with E-state index in [1.807, 2.05) is 0 Å². The third-order valence-corrected chi connectivity index (χ3v) is 3.43. The molecule has 0 saturated heterocycles. The van der Waals surface area contributed by atoms with Gasteiger partial charge in [-0.15, -0.1) is 0 Å². The Balaban J connectivity index is 2.54. The molecule has 0 amide bonds. The number of hydrogen-bond acceptors (Lipinski definition) is 2. The fourth-order valence-electron chi connectivity index (χ4n) is 1.93. The second-order valence-electron chi connectivity index (χ2n) is 6.18. The minimum atomic E-state index is 0.207. The molecule has 0 aliphatic heterocycles. The van der Waals surface area contributed by atoms with E-state index in [4.69, 9.17) is 4.74 Å². The molecule has 19 heavy (non-hydrogen) atoms. The van der Waals surface area contributed by atoms with Crippen LogP contribution in [0.15, 0.2) is 24.3 Å². The van der Waals surface area contributed by atoms with Gasteiger partial charge < -0.3 is 10.1 Å². The summed E-state index contributed by atoms with van der Waals surface area (Å²) in [6.07, 6.45) is 2.22. The predicted octanol–water partition coefficient (Wildman–Crippen LogP) is 4.04. The molecular formula is C17H29NO. The van der Waals surface area contributed by atoms with E-state index in [0.29, 0.717) is 6.04 Å². The first-order valence-corrected chi connectivity index (χ1v) is 7.42. The highest BCUT2D eigenvalue weighted by molar-refractivity contribution is 5.27. The van der Waals surface area contributed by atoms with Gasteiger partial charge >= 0.3 is 0 Å². The molecule has 1 atom stereocenters. The van der Waals surface area contributed by atoms with Crippen LogP contribution < -0.4 is 10.1 Å². The predicted molar refractivity (Wildman–Crippen MR) is 82.9 cm³/mol. The van der Waals surface area contributed by atoms with Gasteiger partial charge in [0.2, 0.25) is 0 Å². The van der Waals surface area contributed by atoms with Crippen molar-refractivity contribution in [2.75, 3.05) is 13.2 Å². The summed E-state index contributed by atoms with van der Waals surface area (Å²) in [5.74, 6) is 0.963. The molecule has 0 spiro atoms. The van der Waals surface area contributed by atoms with Crippen LogP contribution in [-0.4, -0.2) is 19.2 Å². The molecule has 0 bridgehead atoms. The van der Waals surface area contributed by atoms with Crippen LogP contribution in [0.4, 0.5) is 0 Å². The van der Waals surface area contributed by atoms with E-state index in [1.54, 1.807) is 0 Å². The average molecular weight is 263 g/mol. The van der Waals surface area contributed by atoms with Gasteiger partial charge in [0.15, 0.2) is 0 Å². The normalized spacial score (nSPS) is 13.3. The molecule has 1 rings (SSSR count). The lowest BCUT2D eigenvalue weighted by atomic mass is 9.87. The van der Waals surface area contributed by atoms with Crippen molar-refractivity contribution in [2.45, 2.75) is 53.5 Å². The Hall–Kier alpha value is -1.02. The quantitative estimate of drug-likeness (QED) is 0.801. The van der Waals surface area contributed by atoms with E-state index >= 15 is 0 Å². The van der Waals surface area contributed by atoms with Crippen molar-refractivity contribution in [2.24, 2.45) is 5.41 Å². The largest absolute Gasteiger partial charge is 0.492 e. The van der Waals surface area contributed by atoms with Crippen LogP contribution in [0.2, 0.25) is 0 Å². The van der Waals surface area contributed by atoms with E-state index in [0.717, 1.165) is 31.7 Å². The Kier molecular flexibility index (Phi) is 6.36. The summed E-state index contributed by atoms with van der Waals surface area (Å²) in [5.41, 5.74) is 1.56. The van der Waals surface area contributed by atoms with Crippen LogP contribution in [-0.2, 0) is 6.42 Å². The van der Waals surface area contributed by atoms with Crippen molar-refractivity contribution < 1.29 is 4.74 Å². The summed E-state index contributed by atoms with van der Waals surface area (Å²) in [4.78, 5) is 0. The lowest BCUT2D eigenvalue weighted by Gasteiger charge is -2.31. The molecule has 0 fully saturated rings. The molecule has 1 unspecified atom stereocenters. The van der Waals surface area contributed by atoms with Crippen molar-refractivity contribution in [1.29, 1.82) is 0 Å². The third-order valence-electron chi connectivity index (χ3n) is 3.43. The van der Waals surface area contributed by atoms with Gasteiger partial charge in [-0.25, -0.2) is 0 Å². The summed E-state index contributed by atoms with van der Waals surface area (Å²) < 4.78 is 5.93. The minimum absolute atomic E-state index is 0.207. The summed E-state index contributed by atoms with van der Waals surface area (Å²) >= 11 is 0. The summed E-state index contributed by atoms with van der Waals surface area (Å²) in [6.45, 7) is 12.9. The van der Waals surface area contributed by atoms with E-state index in [-0.39, 0.29) is 5.41 Å². The van der Waals surface area contributed by atoms with Gasteiger partial charge in [-0.3, -0.25) is 0 Å². The Morgan fingerprint density at radius 2 is 1.74 bits per heavy atom. The molecule has 0 aliphatic rings. The van der Waals surface area contributed by atoms with Crippen molar-refractivity contribution in [3.05, 3.63) is 29.8 Å². The Morgan fingerprint density at radius 3 is 2.21 bits per heavy atom. The minimum Gasteiger partial charge on any atom is -0.492 e. The lowest BCUT2D eigenvalue weighted by molar-refractivity contribution is 0.174. The zero-order chi connectivity index (χ0) is 14.3. The molecule has 0 saturated carbocycles. The zero-order valence-corrected chi connectivity index (χ0v) is 13.1. The average Bonchev–Trinajstić information content (AvgIpc) is 2.38.